The lowest BCUT2D eigenvalue weighted by Gasteiger charge is -2.43. The van der Waals surface area contributed by atoms with Crippen LogP contribution in [0.2, 0.25) is 5.02 Å². The minimum Gasteiger partial charge on any atom is -0.492 e. The van der Waals surface area contributed by atoms with Gasteiger partial charge in [0.25, 0.3) is 0 Å². The molecule has 7 heteroatoms. The third kappa shape index (κ3) is 3.79. The van der Waals surface area contributed by atoms with Gasteiger partial charge in [-0.2, -0.15) is 0 Å². The highest BCUT2D eigenvalue weighted by atomic mass is 35.5. The van der Waals surface area contributed by atoms with Gasteiger partial charge in [0.2, 0.25) is 5.91 Å². The molecule has 1 fully saturated rings. The summed E-state index contributed by atoms with van der Waals surface area (Å²) in [5.41, 5.74) is 1.99. The van der Waals surface area contributed by atoms with E-state index in [1.165, 1.54) is 12.1 Å². The Bertz CT molecular complexity index is 926. The van der Waals surface area contributed by atoms with Crippen LogP contribution >= 0.6 is 11.6 Å². The number of nitrogens with zero attached hydrogens (tertiary/aromatic N) is 2. The molecule has 1 saturated heterocycles. The first-order valence-corrected chi connectivity index (χ1v) is 10.2. The number of fused-ring (bicyclic) bond motifs is 1. The van der Waals surface area contributed by atoms with E-state index in [2.05, 4.69) is 36.0 Å². The molecule has 29 heavy (non-hydrogen) atoms. The van der Waals surface area contributed by atoms with Gasteiger partial charge in [0.1, 0.15) is 18.3 Å². The largest absolute Gasteiger partial charge is 0.492 e. The van der Waals surface area contributed by atoms with E-state index < -0.39 is 11.7 Å². The first-order valence-electron chi connectivity index (χ1n) is 9.83. The average molecular weight is 418 g/mol. The molecule has 154 valence electrons. The van der Waals surface area contributed by atoms with Crippen LogP contribution in [0.3, 0.4) is 0 Å². The number of hydrogen-bond donors (Lipinski definition) is 1. The van der Waals surface area contributed by atoms with E-state index >= 15 is 0 Å². The van der Waals surface area contributed by atoms with Gasteiger partial charge in [-0.25, -0.2) is 4.39 Å². The lowest BCUT2D eigenvalue weighted by molar-refractivity contribution is -0.117. The molecule has 1 N–H and O–H groups in total. The highest BCUT2D eigenvalue weighted by molar-refractivity contribution is 6.31. The van der Waals surface area contributed by atoms with Crippen LogP contribution in [0.1, 0.15) is 25.3 Å². The van der Waals surface area contributed by atoms with Crippen molar-refractivity contribution in [1.82, 2.24) is 4.90 Å². The molecule has 4 rings (SSSR count). The normalized spacial score (nSPS) is 24.2. The maximum atomic E-state index is 14.2. The van der Waals surface area contributed by atoms with Gasteiger partial charge < -0.3 is 15.0 Å². The number of hydrogen-bond acceptors (Lipinski definition) is 4. The number of carbonyl (C=O) groups excluding carboxylic acids is 1. The van der Waals surface area contributed by atoms with Crippen molar-refractivity contribution in [2.24, 2.45) is 0 Å². The van der Waals surface area contributed by atoms with Crippen LogP contribution in [0, 0.1) is 5.82 Å². The maximum Gasteiger partial charge on any atom is 0.235 e. The molecule has 0 bridgehead atoms. The predicted molar refractivity (Wildman–Crippen MR) is 114 cm³/mol. The zero-order chi connectivity index (χ0) is 20.7. The van der Waals surface area contributed by atoms with Crippen molar-refractivity contribution in [3.63, 3.8) is 0 Å². The third-order valence-corrected chi connectivity index (χ3v) is 6.32. The Morgan fingerprint density at radius 2 is 1.93 bits per heavy atom. The number of nitrogens with one attached hydrogen (secondary N) is 1. The average Bonchev–Trinajstić information content (AvgIpc) is 3.12. The fourth-order valence-electron chi connectivity index (χ4n) is 4.05. The Morgan fingerprint density at radius 3 is 2.66 bits per heavy atom. The van der Waals surface area contributed by atoms with Crippen molar-refractivity contribution in [1.29, 1.82) is 0 Å². The van der Waals surface area contributed by atoms with Gasteiger partial charge in [-0.05, 0) is 51.2 Å². The highest BCUT2D eigenvalue weighted by Gasteiger charge is 2.33. The lowest BCUT2D eigenvalue weighted by atomic mass is 9.98. The number of benzene rings is 2. The van der Waals surface area contributed by atoms with Crippen LogP contribution < -0.4 is 15.0 Å². The summed E-state index contributed by atoms with van der Waals surface area (Å²) in [6.45, 7) is 6.52. The molecule has 1 amide bonds. The van der Waals surface area contributed by atoms with Crippen LogP contribution in [-0.4, -0.2) is 49.6 Å². The van der Waals surface area contributed by atoms with Crippen molar-refractivity contribution in [2.75, 3.05) is 37.0 Å². The number of piperazine rings is 1. The molecule has 0 spiro atoms. The Morgan fingerprint density at radius 1 is 1.21 bits per heavy atom. The van der Waals surface area contributed by atoms with E-state index in [0.717, 1.165) is 24.3 Å². The summed E-state index contributed by atoms with van der Waals surface area (Å²) in [6, 6.07) is 11.4. The molecule has 2 aromatic rings. The van der Waals surface area contributed by atoms with Gasteiger partial charge in [0, 0.05) is 36.4 Å². The number of ether oxygens (including phenoxy) is 1. The van der Waals surface area contributed by atoms with Crippen LogP contribution in [0.15, 0.2) is 36.4 Å². The minimum atomic E-state index is -0.629. The summed E-state index contributed by atoms with van der Waals surface area (Å²) in [7, 11) is 2.15. The fraction of sp³-hybridized carbons (Fsp3) is 0.409. The standard InChI is InChI=1S/C22H25ClFN3O2/c1-13-10-27(11-14(2)26(13)3)15-7-8-20-16(9-15)17(12-29-20)22(28)25-19-6-4-5-18(23)21(19)24/h4-9,13-14,17H,10-12H2,1-3H3,(H,25,28)/t13-,14+,17?. The molecular formula is C22H25ClFN3O2. The van der Waals surface area contributed by atoms with Crippen LogP contribution in [-0.2, 0) is 4.79 Å². The summed E-state index contributed by atoms with van der Waals surface area (Å²) in [5, 5.41) is 2.63. The molecular weight excluding hydrogens is 393 g/mol. The number of likely N-dealkylation sites (N-methyl/N-ethyl adjacent to an activating group) is 1. The van der Waals surface area contributed by atoms with E-state index in [-0.39, 0.29) is 23.2 Å². The second-order valence-electron chi connectivity index (χ2n) is 7.94. The molecule has 5 nitrogen and oxygen atoms in total. The van der Waals surface area contributed by atoms with Crippen molar-refractivity contribution >= 4 is 28.9 Å². The second kappa shape index (κ2) is 7.84. The van der Waals surface area contributed by atoms with E-state index in [1.54, 1.807) is 6.07 Å². The SMILES string of the molecule is C[C@@H]1CN(c2ccc3c(c2)C(C(=O)Nc2cccc(Cl)c2F)CO3)C[C@H](C)N1C. The summed E-state index contributed by atoms with van der Waals surface area (Å²) in [4.78, 5) is 17.6. The topological polar surface area (TPSA) is 44.8 Å². The first-order chi connectivity index (χ1) is 13.8. The molecule has 3 atom stereocenters. The van der Waals surface area contributed by atoms with Gasteiger partial charge in [0.15, 0.2) is 5.82 Å². The Hall–Kier alpha value is -2.31. The molecule has 2 aliphatic rings. The fourth-order valence-corrected chi connectivity index (χ4v) is 4.23. The Balaban J connectivity index is 1.56. The van der Waals surface area contributed by atoms with Crippen molar-refractivity contribution in [3.05, 3.63) is 52.8 Å². The summed E-state index contributed by atoms with van der Waals surface area (Å²) in [5.74, 6) is -0.723. The number of carbonyl (C=O) groups is 1. The molecule has 2 aromatic carbocycles. The highest BCUT2D eigenvalue weighted by Crippen LogP contribution is 2.38. The molecule has 2 heterocycles. The van der Waals surface area contributed by atoms with E-state index in [9.17, 15) is 9.18 Å². The quantitative estimate of drug-likeness (QED) is 0.815. The van der Waals surface area contributed by atoms with E-state index in [0.29, 0.717) is 17.8 Å². The number of amides is 1. The summed E-state index contributed by atoms with van der Waals surface area (Å²) in [6.07, 6.45) is 0. The molecule has 0 aromatic heterocycles. The Kier molecular flexibility index (Phi) is 5.40. The van der Waals surface area contributed by atoms with Crippen LogP contribution in [0.25, 0.3) is 0 Å². The summed E-state index contributed by atoms with van der Waals surface area (Å²) >= 11 is 5.82. The van der Waals surface area contributed by atoms with Crippen molar-refractivity contribution in [2.45, 2.75) is 31.8 Å². The van der Waals surface area contributed by atoms with Gasteiger partial charge in [-0.15, -0.1) is 0 Å². The minimum absolute atomic E-state index is 0.0218. The van der Waals surface area contributed by atoms with E-state index in [4.69, 9.17) is 16.3 Å². The second-order valence-corrected chi connectivity index (χ2v) is 8.35. The van der Waals surface area contributed by atoms with Gasteiger partial charge in [0.05, 0.1) is 10.7 Å². The molecule has 2 aliphatic heterocycles. The molecule has 0 saturated carbocycles. The van der Waals surface area contributed by atoms with Crippen molar-refractivity contribution in [3.8, 4) is 5.75 Å². The van der Waals surface area contributed by atoms with Crippen LogP contribution in [0.4, 0.5) is 15.8 Å². The monoisotopic (exact) mass is 417 g/mol. The summed E-state index contributed by atoms with van der Waals surface area (Å²) < 4.78 is 19.9. The maximum absolute atomic E-state index is 14.2. The molecule has 1 unspecified atom stereocenters. The lowest BCUT2D eigenvalue weighted by Crippen LogP contribution is -2.55. The van der Waals surface area contributed by atoms with Gasteiger partial charge in [-0.3, -0.25) is 9.69 Å². The third-order valence-electron chi connectivity index (χ3n) is 6.03. The zero-order valence-corrected chi connectivity index (χ0v) is 17.5. The van der Waals surface area contributed by atoms with Gasteiger partial charge >= 0.3 is 0 Å². The number of anilines is 2. The Labute approximate surface area is 175 Å². The molecule has 0 aliphatic carbocycles. The smallest absolute Gasteiger partial charge is 0.235 e. The number of halogens is 2. The predicted octanol–water partition coefficient (Wildman–Crippen LogP) is 4.12. The molecule has 0 radical (unpaired) electrons. The zero-order valence-electron chi connectivity index (χ0n) is 16.8. The van der Waals surface area contributed by atoms with E-state index in [1.807, 2.05) is 18.2 Å². The first kappa shape index (κ1) is 20.0. The van der Waals surface area contributed by atoms with Crippen molar-refractivity contribution < 1.29 is 13.9 Å². The van der Waals surface area contributed by atoms with Crippen LogP contribution in [0.5, 0.6) is 5.75 Å². The van der Waals surface area contributed by atoms with Gasteiger partial charge in [-0.1, -0.05) is 17.7 Å². The number of rotatable bonds is 3.